The summed E-state index contributed by atoms with van der Waals surface area (Å²) in [4.78, 5) is 0. The first-order valence-corrected chi connectivity index (χ1v) is 6.28. The van der Waals surface area contributed by atoms with E-state index in [1.54, 1.807) is 0 Å². The molecule has 0 unspecified atom stereocenters. The van der Waals surface area contributed by atoms with Crippen molar-refractivity contribution in [2.24, 2.45) is 11.5 Å². The Bertz CT molecular complexity index is 308. The molecule has 4 N–H and O–H groups in total. The number of hydrogen-bond acceptors (Lipinski definition) is 3. The highest BCUT2D eigenvalue weighted by molar-refractivity contribution is 9.11. The van der Waals surface area contributed by atoms with Crippen LogP contribution in [0.15, 0.2) is 21.1 Å². The highest BCUT2D eigenvalue weighted by Crippen LogP contribution is 2.34. The maximum absolute atomic E-state index is 5.50. The average molecular weight is 338 g/mol. The van der Waals surface area contributed by atoms with Crippen LogP contribution in [0.3, 0.4) is 0 Å². The average Bonchev–Trinajstić information content (AvgIpc) is 2.17. The van der Waals surface area contributed by atoms with E-state index in [2.05, 4.69) is 31.9 Å². The molecule has 3 nitrogen and oxygen atoms in total. The van der Waals surface area contributed by atoms with Crippen molar-refractivity contribution in [3.8, 4) is 5.75 Å². The van der Waals surface area contributed by atoms with Gasteiger partial charge in [-0.3, -0.25) is 0 Å². The summed E-state index contributed by atoms with van der Waals surface area (Å²) in [6.45, 7) is 1.65. The highest BCUT2D eigenvalue weighted by atomic mass is 79.9. The molecule has 0 atom stereocenters. The van der Waals surface area contributed by atoms with Gasteiger partial charge < -0.3 is 16.2 Å². The van der Waals surface area contributed by atoms with E-state index in [4.69, 9.17) is 16.2 Å². The third-order valence-electron chi connectivity index (χ3n) is 1.86. The number of halogens is 2. The van der Waals surface area contributed by atoms with Crippen molar-refractivity contribution in [1.82, 2.24) is 0 Å². The van der Waals surface area contributed by atoms with Gasteiger partial charge in [-0.05, 0) is 62.5 Å². The first-order valence-electron chi connectivity index (χ1n) is 4.70. The molecule has 0 amide bonds. The lowest BCUT2D eigenvalue weighted by atomic mass is 10.1. The molecule has 0 bridgehead atoms. The van der Waals surface area contributed by atoms with Gasteiger partial charge in [0.15, 0.2) is 0 Å². The molecule has 1 aromatic carbocycles. The molecule has 0 fully saturated rings. The molecule has 0 aromatic heterocycles. The van der Waals surface area contributed by atoms with Crippen LogP contribution in [0.2, 0.25) is 0 Å². The summed E-state index contributed by atoms with van der Waals surface area (Å²) < 4.78 is 7.35. The van der Waals surface area contributed by atoms with Crippen LogP contribution in [0.25, 0.3) is 0 Å². The second-order valence-electron chi connectivity index (χ2n) is 3.06. The lowest BCUT2D eigenvalue weighted by Crippen LogP contribution is -2.11. The molecule has 0 aliphatic carbocycles. The zero-order valence-corrected chi connectivity index (χ0v) is 11.5. The van der Waals surface area contributed by atoms with Crippen LogP contribution in [0.4, 0.5) is 0 Å². The minimum atomic E-state index is 0.503. The van der Waals surface area contributed by atoms with Crippen LogP contribution >= 0.6 is 31.9 Å². The van der Waals surface area contributed by atoms with Crippen molar-refractivity contribution < 1.29 is 4.74 Å². The van der Waals surface area contributed by atoms with E-state index in [0.717, 1.165) is 21.1 Å². The first-order chi connectivity index (χ1) is 7.19. The fourth-order valence-electron chi connectivity index (χ4n) is 1.22. The largest absolute Gasteiger partial charge is 0.490 e. The molecule has 0 spiro atoms. The molecule has 1 rings (SSSR count). The van der Waals surface area contributed by atoms with Crippen LogP contribution in [0, 0.1) is 0 Å². The van der Waals surface area contributed by atoms with Crippen LogP contribution in [0.1, 0.15) is 5.56 Å². The summed E-state index contributed by atoms with van der Waals surface area (Å²) in [6.07, 6.45) is 0.856. The molecule has 0 aliphatic rings. The van der Waals surface area contributed by atoms with Crippen molar-refractivity contribution in [3.05, 3.63) is 26.6 Å². The van der Waals surface area contributed by atoms with Gasteiger partial charge in [0.05, 0.1) is 8.95 Å². The van der Waals surface area contributed by atoms with Gasteiger partial charge in [-0.15, -0.1) is 0 Å². The SMILES string of the molecule is NCCOc1c(Br)cc(CCN)cc1Br. The predicted molar refractivity (Wildman–Crippen MR) is 69.1 cm³/mol. The molecule has 15 heavy (non-hydrogen) atoms. The van der Waals surface area contributed by atoms with Crippen LogP contribution in [0.5, 0.6) is 5.75 Å². The minimum absolute atomic E-state index is 0.503. The molecule has 1 aromatic rings. The maximum Gasteiger partial charge on any atom is 0.147 e. The van der Waals surface area contributed by atoms with Crippen molar-refractivity contribution >= 4 is 31.9 Å². The molecular formula is C10H14Br2N2O. The van der Waals surface area contributed by atoms with Crippen molar-refractivity contribution in [1.29, 1.82) is 0 Å². The fourth-order valence-corrected chi connectivity index (χ4v) is 2.73. The molecule has 0 saturated heterocycles. The van der Waals surface area contributed by atoms with E-state index in [1.807, 2.05) is 12.1 Å². The lowest BCUT2D eigenvalue weighted by molar-refractivity contribution is 0.324. The van der Waals surface area contributed by atoms with Gasteiger partial charge in [0.2, 0.25) is 0 Å². The summed E-state index contributed by atoms with van der Waals surface area (Å²) in [6, 6.07) is 4.03. The van der Waals surface area contributed by atoms with E-state index < -0.39 is 0 Å². The fraction of sp³-hybridized carbons (Fsp3) is 0.400. The molecular weight excluding hydrogens is 324 g/mol. The number of benzene rings is 1. The van der Waals surface area contributed by atoms with Crippen LogP contribution < -0.4 is 16.2 Å². The Morgan fingerprint density at radius 2 is 1.67 bits per heavy atom. The van der Waals surface area contributed by atoms with Gasteiger partial charge in [-0.1, -0.05) is 0 Å². The van der Waals surface area contributed by atoms with E-state index in [9.17, 15) is 0 Å². The molecule has 0 aliphatic heterocycles. The topological polar surface area (TPSA) is 61.3 Å². The Kier molecular flexibility index (Phi) is 5.60. The number of nitrogens with two attached hydrogens (primary N) is 2. The number of hydrogen-bond donors (Lipinski definition) is 2. The summed E-state index contributed by atoms with van der Waals surface area (Å²) in [5.41, 5.74) is 12.1. The third-order valence-corrected chi connectivity index (χ3v) is 3.03. The Labute approximate surface area is 106 Å². The highest BCUT2D eigenvalue weighted by Gasteiger charge is 2.08. The van der Waals surface area contributed by atoms with E-state index in [1.165, 1.54) is 5.56 Å². The van der Waals surface area contributed by atoms with Crippen molar-refractivity contribution in [3.63, 3.8) is 0 Å². The number of ether oxygens (including phenoxy) is 1. The van der Waals surface area contributed by atoms with E-state index in [0.29, 0.717) is 19.7 Å². The van der Waals surface area contributed by atoms with Crippen LogP contribution in [-0.2, 0) is 6.42 Å². The maximum atomic E-state index is 5.50. The summed E-state index contributed by atoms with van der Waals surface area (Å²) >= 11 is 6.92. The third kappa shape index (κ3) is 3.75. The monoisotopic (exact) mass is 336 g/mol. The minimum Gasteiger partial charge on any atom is -0.490 e. The lowest BCUT2D eigenvalue weighted by Gasteiger charge is -2.11. The van der Waals surface area contributed by atoms with Gasteiger partial charge in [0, 0.05) is 6.54 Å². The van der Waals surface area contributed by atoms with Gasteiger partial charge in [-0.25, -0.2) is 0 Å². The summed E-state index contributed by atoms with van der Waals surface area (Å²) in [5, 5.41) is 0. The van der Waals surface area contributed by atoms with Gasteiger partial charge >= 0.3 is 0 Å². The zero-order chi connectivity index (χ0) is 11.3. The van der Waals surface area contributed by atoms with Gasteiger partial charge in [0.1, 0.15) is 12.4 Å². The Hall–Kier alpha value is -0.100. The molecule has 0 heterocycles. The van der Waals surface area contributed by atoms with Gasteiger partial charge in [-0.2, -0.15) is 0 Å². The Morgan fingerprint density at radius 3 is 2.13 bits per heavy atom. The smallest absolute Gasteiger partial charge is 0.147 e. The van der Waals surface area contributed by atoms with E-state index >= 15 is 0 Å². The van der Waals surface area contributed by atoms with Gasteiger partial charge in [0.25, 0.3) is 0 Å². The quantitative estimate of drug-likeness (QED) is 0.864. The molecule has 84 valence electrons. The summed E-state index contributed by atoms with van der Waals surface area (Å²) in [7, 11) is 0. The van der Waals surface area contributed by atoms with Crippen molar-refractivity contribution in [2.75, 3.05) is 19.7 Å². The Balaban J connectivity index is 2.88. The molecule has 0 radical (unpaired) electrons. The second kappa shape index (κ2) is 6.48. The summed E-state index contributed by atoms with van der Waals surface area (Å²) in [5.74, 6) is 0.793. The zero-order valence-electron chi connectivity index (χ0n) is 8.30. The first kappa shape index (κ1) is 13.0. The van der Waals surface area contributed by atoms with E-state index in [-0.39, 0.29) is 0 Å². The second-order valence-corrected chi connectivity index (χ2v) is 4.77. The number of rotatable bonds is 5. The molecule has 5 heteroatoms. The normalized spacial score (nSPS) is 10.4. The predicted octanol–water partition coefficient (Wildman–Crippen LogP) is 2.05. The molecule has 0 saturated carbocycles. The standard InChI is InChI=1S/C10H14Br2N2O/c11-8-5-7(1-2-13)6-9(12)10(8)15-4-3-14/h5-6H,1-4,13-14H2. The van der Waals surface area contributed by atoms with Crippen molar-refractivity contribution in [2.45, 2.75) is 6.42 Å². The Morgan fingerprint density at radius 1 is 1.07 bits per heavy atom. The van der Waals surface area contributed by atoms with Crippen LogP contribution in [-0.4, -0.2) is 19.7 Å².